The molecule has 1 N–H and O–H groups in total. The van der Waals surface area contributed by atoms with Crippen LogP contribution in [0.5, 0.6) is 0 Å². The first-order chi connectivity index (χ1) is 9.41. The van der Waals surface area contributed by atoms with Crippen LogP contribution < -0.4 is 5.32 Å². The van der Waals surface area contributed by atoms with Gasteiger partial charge in [-0.15, -0.1) is 5.92 Å². The Kier molecular flexibility index (Phi) is 16.8. The van der Waals surface area contributed by atoms with Gasteiger partial charge in [0.15, 0.2) is 0 Å². The smallest absolute Gasteiger partial charge is 0.107 e. The molecule has 0 rings (SSSR count). The van der Waals surface area contributed by atoms with Crippen LogP contribution in [0.2, 0.25) is 0 Å². The number of hydrogen-bond donors (Lipinski definition) is 1. The highest BCUT2D eigenvalue weighted by atomic mass is 16.6. The molecule has 112 valence electrons. The van der Waals surface area contributed by atoms with Crippen molar-refractivity contribution in [3.8, 4) is 11.8 Å². The lowest BCUT2D eigenvalue weighted by Gasteiger charge is -2.07. The highest BCUT2D eigenvalue weighted by Crippen LogP contribution is 1.82. The van der Waals surface area contributed by atoms with Crippen molar-refractivity contribution in [1.29, 1.82) is 0 Å². The number of rotatable bonds is 14. The molecule has 0 saturated carbocycles. The fraction of sp³-hybridized carbons (Fsp3) is 0.857. The summed E-state index contributed by atoms with van der Waals surface area (Å²) in [7, 11) is 0. The van der Waals surface area contributed by atoms with E-state index in [-0.39, 0.29) is 0 Å². The second-order valence-corrected chi connectivity index (χ2v) is 3.67. The Bertz CT molecular complexity index is 225. The monoisotopic (exact) mass is 273 g/mol. The summed E-state index contributed by atoms with van der Waals surface area (Å²) >= 11 is 0. The first-order valence-electron chi connectivity index (χ1n) is 6.83. The van der Waals surface area contributed by atoms with Crippen LogP contribution in [0.25, 0.3) is 0 Å². The summed E-state index contributed by atoms with van der Waals surface area (Å²) in [6.45, 7) is 10.5. The van der Waals surface area contributed by atoms with Crippen LogP contribution in [-0.2, 0) is 18.9 Å². The molecule has 0 radical (unpaired) electrons. The Morgan fingerprint density at radius 3 is 1.84 bits per heavy atom. The summed E-state index contributed by atoms with van der Waals surface area (Å²) in [6.07, 6.45) is 0. The van der Waals surface area contributed by atoms with E-state index in [1.165, 1.54) is 0 Å². The van der Waals surface area contributed by atoms with E-state index in [9.17, 15) is 0 Å². The zero-order valence-electron chi connectivity index (χ0n) is 12.2. The van der Waals surface area contributed by atoms with Gasteiger partial charge in [-0.05, 0) is 13.5 Å². The zero-order valence-corrected chi connectivity index (χ0v) is 12.2. The van der Waals surface area contributed by atoms with Crippen LogP contribution in [0.15, 0.2) is 0 Å². The van der Waals surface area contributed by atoms with Crippen molar-refractivity contribution in [1.82, 2.24) is 5.32 Å². The predicted octanol–water partition coefficient (Wildman–Crippen LogP) is 0.686. The van der Waals surface area contributed by atoms with Crippen molar-refractivity contribution >= 4 is 0 Å². The molecule has 0 aliphatic heterocycles. The fourth-order valence-electron chi connectivity index (χ4n) is 1.18. The molecule has 0 aromatic heterocycles. The van der Waals surface area contributed by atoms with Crippen LogP contribution in [0.1, 0.15) is 13.8 Å². The minimum atomic E-state index is 0.473. The molecular formula is C14H27NO4. The van der Waals surface area contributed by atoms with Crippen LogP contribution in [0.4, 0.5) is 0 Å². The van der Waals surface area contributed by atoms with E-state index in [2.05, 4.69) is 24.1 Å². The summed E-state index contributed by atoms with van der Waals surface area (Å²) in [5.41, 5.74) is 0. The molecule has 0 bridgehead atoms. The van der Waals surface area contributed by atoms with E-state index in [4.69, 9.17) is 18.9 Å². The molecule has 0 fully saturated rings. The zero-order chi connectivity index (χ0) is 14.0. The molecular weight excluding hydrogens is 246 g/mol. The van der Waals surface area contributed by atoms with Gasteiger partial charge in [0.1, 0.15) is 6.61 Å². The maximum atomic E-state index is 5.36. The average Bonchev–Trinajstić information content (AvgIpc) is 2.43. The first-order valence-corrected chi connectivity index (χ1v) is 6.83. The third-order valence-electron chi connectivity index (χ3n) is 2.14. The second-order valence-electron chi connectivity index (χ2n) is 3.67. The molecule has 0 aromatic carbocycles. The van der Waals surface area contributed by atoms with E-state index in [0.717, 1.165) is 19.7 Å². The highest BCUT2D eigenvalue weighted by Gasteiger charge is 1.92. The van der Waals surface area contributed by atoms with Gasteiger partial charge in [0.2, 0.25) is 0 Å². The number of hydrogen-bond acceptors (Lipinski definition) is 5. The first kappa shape index (κ1) is 18.4. The summed E-state index contributed by atoms with van der Waals surface area (Å²) in [4.78, 5) is 0. The van der Waals surface area contributed by atoms with E-state index in [1.54, 1.807) is 6.92 Å². The van der Waals surface area contributed by atoms with E-state index < -0.39 is 0 Å². The standard InChI is InChI=1S/C14H27NO4/c1-3-5-7-16-9-11-18-13-14-19-12-10-17-8-6-15-4-2/h15H,4,6-14H2,1-2H3. The summed E-state index contributed by atoms with van der Waals surface area (Å²) < 4.78 is 21.2. The number of likely N-dealkylation sites (N-methyl/N-ethyl adjacent to an activating group) is 1. The lowest BCUT2D eigenvalue weighted by atomic mass is 10.6. The van der Waals surface area contributed by atoms with Crippen molar-refractivity contribution < 1.29 is 18.9 Å². The Morgan fingerprint density at radius 2 is 1.32 bits per heavy atom. The summed E-state index contributed by atoms with van der Waals surface area (Å²) in [5, 5.41) is 3.19. The number of nitrogens with one attached hydrogen (secondary N) is 1. The van der Waals surface area contributed by atoms with Gasteiger partial charge in [-0.3, -0.25) is 0 Å². The molecule has 0 amide bonds. The molecule has 0 heterocycles. The van der Waals surface area contributed by atoms with Crippen LogP contribution >= 0.6 is 0 Å². The Morgan fingerprint density at radius 1 is 0.789 bits per heavy atom. The molecule has 5 heteroatoms. The largest absolute Gasteiger partial charge is 0.378 e. The van der Waals surface area contributed by atoms with E-state index >= 15 is 0 Å². The van der Waals surface area contributed by atoms with E-state index in [0.29, 0.717) is 46.2 Å². The normalized spacial score (nSPS) is 10.2. The van der Waals surface area contributed by atoms with Crippen LogP contribution in [0, 0.1) is 11.8 Å². The maximum absolute atomic E-state index is 5.36. The van der Waals surface area contributed by atoms with Gasteiger partial charge in [0.05, 0.1) is 46.2 Å². The van der Waals surface area contributed by atoms with Gasteiger partial charge < -0.3 is 24.3 Å². The molecule has 19 heavy (non-hydrogen) atoms. The van der Waals surface area contributed by atoms with Crippen LogP contribution in [-0.4, -0.2) is 65.9 Å². The molecule has 0 aromatic rings. The van der Waals surface area contributed by atoms with Crippen molar-refractivity contribution in [2.24, 2.45) is 0 Å². The Balaban J connectivity index is 2.92. The topological polar surface area (TPSA) is 49.0 Å². The lowest BCUT2D eigenvalue weighted by molar-refractivity contribution is 0.00173. The highest BCUT2D eigenvalue weighted by molar-refractivity contribution is 4.94. The molecule has 0 saturated heterocycles. The van der Waals surface area contributed by atoms with Crippen molar-refractivity contribution in [2.75, 3.05) is 65.9 Å². The molecule has 0 aliphatic carbocycles. The Labute approximate surface area is 116 Å². The van der Waals surface area contributed by atoms with Gasteiger partial charge in [-0.2, -0.15) is 0 Å². The SMILES string of the molecule is CC#CCOCCOCCOCCOCCNCC. The lowest BCUT2D eigenvalue weighted by Crippen LogP contribution is -2.20. The molecule has 0 unspecified atom stereocenters. The van der Waals surface area contributed by atoms with Gasteiger partial charge in [-0.25, -0.2) is 0 Å². The molecule has 0 spiro atoms. The average molecular weight is 273 g/mol. The van der Waals surface area contributed by atoms with Crippen molar-refractivity contribution in [3.63, 3.8) is 0 Å². The van der Waals surface area contributed by atoms with Gasteiger partial charge in [0.25, 0.3) is 0 Å². The maximum Gasteiger partial charge on any atom is 0.107 e. The van der Waals surface area contributed by atoms with E-state index in [1.807, 2.05) is 0 Å². The van der Waals surface area contributed by atoms with Crippen molar-refractivity contribution in [2.45, 2.75) is 13.8 Å². The molecule has 5 nitrogen and oxygen atoms in total. The van der Waals surface area contributed by atoms with Gasteiger partial charge in [0, 0.05) is 6.54 Å². The molecule has 0 atom stereocenters. The fourth-order valence-corrected chi connectivity index (χ4v) is 1.18. The third kappa shape index (κ3) is 17.4. The molecule has 0 aliphatic rings. The van der Waals surface area contributed by atoms with Crippen molar-refractivity contribution in [3.05, 3.63) is 0 Å². The van der Waals surface area contributed by atoms with Gasteiger partial charge in [-0.1, -0.05) is 12.8 Å². The predicted molar refractivity (Wildman–Crippen MR) is 75.3 cm³/mol. The number of ether oxygens (including phenoxy) is 4. The minimum absolute atomic E-state index is 0.473. The summed E-state index contributed by atoms with van der Waals surface area (Å²) in [5.74, 6) is 5.58. The minimum Gasteiger partial charge on any atom is -0.378 e. The van der Waals surface area contributed by atoms with Crippen LogP contribution in [0.3, 0.4) is 0 Å². The summed E-state index contributed by atoms with van der Waals surface area (Å²) in [6, 6.07) is 0. The quantitative estimate of drug-likeness (QED) is 0.373. The van der Waals surface area contributed by atoms with Gasteiger partial charge >= 0.3 is 0 Å². The Hall–Kier alpha value is -0.640. The second kappa shape index (κ2) is 17.4. The third-order valence-corrected chi connectivity index (χ3v) is 2.14.